The first kappa shape index (κ1) is 19.6. The van der Waals surface area contributed by atoms with Gasteiger partial charge in [0.1, 0.15) is 12.4 Å². The van der Waals surface area contributed by atoms with Gasteiger partial charge in [0, 0.05) is 5.56 Å². The fourth-order valence-electron chi connectivity index (χ4n) is 3.05. The highest BCUT2D eigenvalue weighted by molar-refractivity contribution is 6.17. The van der Waals surface area contributed by atoms with Gasteiger partial charge in [-0.05, 0) is 42.2 Å². The van der Waals surface area contributed by atoms with E-state index in [0.29, 0.717) is 11.3 Å². The van der Waals surface area contributed by atoms with Crippen molar-refractivity contribution in [2.24, 2.45) is 10.9 Å². The Hall–Kier alpha value is -3.15. The topological polar surface area (TPSA) is 74.2 Å². The minimum Gasteiger partial charge on any atom is -0.497 e. The molecule has 6 nitrogen and oxygen atoms in total. The van der Waals surface area contributed by atoms with E-state index < -0.39 is 17.5 Å². The predicted octanol–water partition coefficient (Wildman–Crippen LogP) is 3.53. The van der Waals surface area contributed by atoms with Crippen molar-refractivity contribution in [3.63, 3.8) is 0 Å². The highest BCUT2D eigenvalue weighted by Gasteiger charge is 2.54. The summed E-state index contributed by atoms with van der Waals surface area (Å²) in [6.45, 7) is 3.90. The molecule has 1 heterocycles. The van der Waals surface area contributed by atoms with Gasteiger partial charge in [-0.25, -0.2) is 14.6 Å². The van der Waals surface area contributed by atoms with E-state index >= 15 is 0 Å². The number of rotatable bonds is 7. The Morgan fingerprint density at radius 2 is 1.79 bits per heavy atom. The molecule has 2 aromatic rings. The third-order valence-electron chi connectivity index (χ3n) is 4.41. The van der Waals surface area contributed by atoms with E-state index in [1.165, 1.54) is 0 Å². The maximum absolute atomic E-state index is 12.9. The largest absolute Gasteiger partial charge is 0.497 e. The zero-order valence-electron chi connectivity index (χ0n) is 16.2. The van der Waals surface area contributed by atoms with E-state index in [4.69, 9.17) is 14.2 Å². The molecule has 0 saturated carbocycles. The Morgan fingerprint density at radius 1 is 1.11 bits per heavy atom. The van der Waals surface area contributed by atoms with Crippen LogP contribution in [0.2, 0.25) is 0 Å². The monoisotopic (exact) mass is 381 g/mol. The summed E-state index contributed by atoms with van der Waals surface area (Å²) >= 11 is 0. The Kier molecular flexibility index (Phi) is 5.78. The molecule has 0 bridgehead atoms. The summed E-state index contributed by atoms with van der Waals surface area (Å²) in [4.78, 5) is 30.1. The quantitative estimate of drug-likeness (QED) is 0.542. The van der Waals surface area contributed by atoms with Crippen LogP contribution in [0.1, 0.15) is 31.4 Å². The number of nitrogens with zero attached hydrogens (tertiary/aromatic N) is 1. The molecule has 0 radical (unpaired) electrons. The van der Waals surface area contributed by atoms with Crippen molar-refractivity contribution in [2.45, 2.75) is 32.4 Å². The van der Waals surface area contributed by atoms with E-state index in [1.54, 1.807) is 31.4 Å². The van der Waals surface area contributed by atoms with Crippen LogP contribution < -0.4 is 4.74 Å². The lowest BCUT2D eigenvalue weighted by Gasteiger charge is -2.22. The maximum atomic E-state index is 12.9. The summed E-state index contributed by atoms with van der Waals surface area (Å²) in [7, 11) is 1.57. The third-order valence-corrected chi connectivity index (χ3v) is 4.41. The zero-order valence-corrected chi connectivity index (χ0v) is 16.2. The van der Waals surface area contributed by atoms with E-state index in [-0.39, 0.29) is 24.8 Å². The second-order valence-electron chi connectivity index (χ2n) is 7.05. The smallest absolute Gasteiger partial charge is 0.352 e. The Labute approximate surface area is 164 Å². The molecule has 146 valence electrons. The number of methoxy groups -OCH3 is 1. The number of cyclic esters (lactones) is 1. The van der Waals surface area contributed by atoms with Crippen molar-refractivity contribution < 1.29 is 23.8 Å². The summed E-state index contributed by atoms with van der Waals surface area (Å²) in [5.41, 5.74) is -0.255. The summed E-state index contributed by atoms with van der Waals surface area (Å²) < 4.78 is 16.0. The van der Waals surface area contributed by atoms with Gasteiger partial charge in [0.2, 0.25) is 5.90 Å². The molecule has 1 aliphatic heterocycles. The average molecular weight is 381 g/mol. The standard InChI is InChI=1S/C22H23NO5/c1-15(2)13-22(20(24)27-14-16-7-5-4-6-8-16)21(25)28-19(23-22)17-9-11-18(26-3)12-10-17/h4-12,15H,13-14H2,1-3H3/t22-/m0/s1. The van der Waals surface area contributed by atoms with Crippen molar-refractivity contribution in [1.29, 1.82) is 0 Å². The van der Waals surface area contributed by atoms with Gasteiger partial charge in [0.25, 0.3) is 5.54 Å². The van der Waals surface area contributed by atoms with Gasteiger partial charge in [-0.2, -0.15) is 0 Å². The average Bonchev–Trinajstić information content (AvgIpc) is 3.03. The molecule has 0 unspecified atom stereocenters. The van der Waals surface area contributed by atoms with Crippen molar-refractivity contribution in [3.8, 4) is 5.75 Å². The van der Waals surface area contributed by atoms with Crippen LogP contribution >= 0.6 is 0 Å². The molecule has 6 heteroatoms. The molecule has 0 amide bonds. The second kappa shape index (κ2) is 8.25. The molecule has 2 aromatic carbocycles. The molecule has 3 rings (SSSR count). The van der Waals surface area contributed by atoms with Gasteiger partial charge in [-0.1, -0.05) is 44.2 Å². The van der Waals surface area contributed by atoms with Gasteiger partial charge >= 0.3 is 11.9 Å². The van der Waals surface area contributed by atoms with Crippen LogP contribution in [0.5, 0.6) is 5.75 Å². The number of ether oxygens (including phenoxy) is 3. The molecule has 0 spiro atoms. The van der Waals surface area contributed by atoms with Gasteiger partial charge < -0.3 is 14.2 Å². The maximum Gasteiger partial charge on any atom is 0.352 e. The Morgan fingerprint density at radius 3 is 2.39 bits per heavy atom. The lowest BCUT2D eigenvalue weighted by Crippen LogP contribution is -2.45. The fraction of sp³-hybridized carbons (Fsp3) is 0.318. The SMILES string of the molecule is COc1ccc(C2=N[C@@](CC(C)C)(C(=O)OCc3ccccc3)C(=O)O2)cc1. The number of carbonyl (C=O) groups is 2. The van der Waals surface area contributed by atoms with Crippen LogP contribution in [0.25, 0.3) is 0 Å². The molecule has 28 heavy (non-hydrogen) atoms. The highest BCUT2D eigenvalue weighted by atomic mass is 16.6. The molecule has 1 aliphatic rings. The van der Waals surface area contributed by atoms with Gasteiger partial charge in [-0.15, -0.1) is 0 Å². The highest BCUT2D eigenvalue weighted by Crippen LogP contribution is 2.32. The van der Waals surface area contributed by atoms with Crippen molar-refractivity contribution >= 4 is 17.8 Å². The van der Waals surface area contributed by atoms with Crippen LogP contribution in [-0.4, -0.2) is 30.5 Å². The first-order valence-corrected chi connectivity index (χ1v) is 9.12. The lowest BCUT2D eigenvalue weighted by molar-refractivity contribution is -0.159. The van der Waals surface area contributed by atoms with Gasteiger partial charge in [-0.3, -0.25) is 0 Å². The summed E-state index contributed by atoms with van der Waals surface area (Å²) in [5.74, 6) is -0.575. The predicted molar refractivity (Wildman–Crippen MR) is 104 cm³/mol. The number of carbonyl (C=O) groups excluding carboxylic acids is 2. The molecular weight excluding hydrogens is 358 g/mol. The first-order valence-electron chi connectivity index (χ1n) is 9.12. The van der Waals surface area contributed by atoms with Crippen LogP contribution in [0, 0.1) is 5.92 Å². The number of hydrogen-bond acceptors (Lipinski definition) is 6. The molecule has 1 atom stereocenters. The van der Waals surface area contributed by atoms with Crippen molar-refractivity contribution in [1.82, 2.24) is 0 Å². The first-order chi connectivity index (χ1) is 13.4. The van der Waals surface area contributed by atoms with E-state index in [2.05, 4.69) is 4.99 Å². The fourth-order valence-corrected chi connectivity index (χ4v) is 3.05. The lowest BCUT2D eigenvalue weighted by atomic mass is 9.90. The molecule has 0 N–H and O–H groups in total. The molecule has 0 aromatic heterocycles. The van der Waals surface area contributed by atoms with Crippen molar-refractivity contribution in [2.75, 3.05) is 7.11 Å². The zero-order chi connectivity index (χ0) is 20.1. The molecular formula is C22H23NO5. The Bertz CT molecular complexity index is 874. The van der Waals surface area contributed by atoms with Crippen molar-refractivity contribution in [3.05, 3.63) is 65.7 Å². The Balaban J connectivity index is 1.87. The van der Waals surface area contributed by atoms with Crippen LogP contribution in [0.15, 0.2) is 59.6 Å². The van der Waals surface area contributed by atoms with Gasteiger partial charge in [0.05, 0.1) is 7.11 Å². The summed E-state index contributed by atoms with van der Waals surface area (Å²) in [6, 6.07) is 16.2. The van der Waals surface area contributed by atoms with Crippen LogP contribution in [-0.2, 0) is 25.7 Å². The number of esters is 2. The van der Waals surface area contributed by atoms with Crippen LogP contribution in [0.3, 0.4) is 0 Å². The minimum absolute atomic E-state index is 0.0378. The van der Waals surface area contributed by atoms with E-state index in [1.807, 2.05) is 44.2 Å². The third kappa shape index (κ3) is 4.06. The molecule has 0 aliphatic carbocycles. The van der Waals surface area contributed by atoms with E-state index in [0.717, 1.165) is 5.56 Å². The molecule has 0 saturated heterocycles. The van der Waals surface area contributed by atoms with Gasteiger partial charge in [0.15, 0.2) is 0 Å². The molecule has 0 fully saturated rings. The minimum atomic E-state index is -1.68. The number of benzene rings is 2. The van der Waals surface area contributed by atoms with E-state index in [9.17, 15) is 9.59 Å². The summed E-state index contributed by atoms with van der Waals surface area (Å²) in [6.07, 6.45) is 0.207. The second-order valence-corrected chi connectivity index (χ2v) is 7.05. The van der Waals surface area contributed by atoms with Crippen LogP contribution in [0.4, 0.5) is 0 Å². The summed E-state index contributed by atoms with van der Waals surface area (Å²) in [5, 5.41) is 0. The normalized spacial score (nSPS) is 18.6. The number of aliphatic imine (C=N–C) groups is 1. The number of hydrogen-bond donors (Lipinski definition) is 0.